The molecule has 1 aliphatic heterocycles. The molecule has 1 atom stereocenters. The third kappa shape index (κ3) is 3.03. The summed E-state index contributed by atoms with van der Waals surface area (Å²) in [4.78, 5) is 0. The van der Waals surface area contributed by atoms with E-state index in [4.69, 9.17) is 5.73 Å². The van der Waals surface area contributed by atoms with Crippen LogP contribution in [-0.2, 0) is 21.8 Å². The Balaban J connectivity index is 2.42. The summed E-state index contributed by atoms with van der Waals surface area (Å²) in [7, 11) is -2.99. The molecule has 0 radical (unpaired) electrons. The number of aromatic nitrogens is 2. The first-order valence-electron chi connectivity index (χ1n) is 6.67. The van der Waals surface area contributed by atoms with Gasteiger partial charge in [0.05, 0.1) is 27.2 Å². The summed E-state index contributed by atoms with van der Waals surface area (Å²) in [6, 6.07) is 0. The summed E-state index contributed by atoms with van der Waals surface area (Å²) in [5.74, 6) is 0.825. The van der Waals surface area contributed by atoms with Crippen LogP contribution in [-0.4, -0.2) is 29.7 Å². The maximum absolute atomic E-state index is 11.8. The van der Waals surface area contributed by atoms with E-state index >= 15 is 0 Å². The van der Waals surface area contributed by atoms with Crippen molar-refractivity contribution in [2.24, 2.45) is 5.41 Å². The number of hydrogen-bond acceptors (Lipinski definition) is 4. The van der Waals surface area contributed by atoms with E-state index in [1.807, 2.05) is 6.92 Å². The maximum atomic E-state index is 11.8. The summed E-state index contributed by atoms with van der Waals surface area (Å²) in [6.45, 7) is 8.32. The summed E-state index contributed by atoms with van der Waals surface area (Å²) in [5, 5.41) is 4.59. The van der Waals surface area contributed by atoms with Gasteiger partial charge in [-0.05, 0) is 41.1 Å². The molecule has 0 saturated carbocycles. The topological polar surface area (TPSA) is 78.0 Å². The second-order valence-electron chi connectivity index (χ2n) is 7.13. The molecular formula is C13H22BrN3O2S. The van der Waals surface area contributed by atoms with Crippen LogP contribution < -0.4 is 5.73 Å². The van der Waals surface area contributed by atoms with E-state index in [9.17, 15) is 8.42 Å². The largest absolute Gasteiger partial charge is 0.383 e. The molecule has 20 heavy (non-hydrogen) atoms. The normalized spacial score (nSPS) is 26.1. The molecule has 1 aromatic rings. The summed E-state index contributed by atoms with van der Waals surface area (Å²) >= 11 is 3.50. The van der Waals surface area contributed by atoms with Crippen molar-refractivity contribution in [1.82, 2.24) is 9.78 Å². The van der Waals surface area contributed by atoms with Crippen molar-refractivity contribution in [3.63, 3.8) is 0 Å². The van der Waals surface area contributed by atoms with Gasteiger partial charge in [0.2, 0.25) is 0 Å². The van der Waals surface area contributed by atoms with Crippen LogP contribution in [0.3, 0.4) is 0 Å². The van der Waals surface area contributed by atoms with Crippen LogP contribution in [0.15, 0.2) is 4.47 Å². The molecule has 1 unspecified atom stereocenters. The van der Waals surface area contributed by atoms with Crippen LogP contribution in [0.4, 0.5) is 5.82 Å². The zero-order valence-corrected chi connectivity index (χ0v) is 14.8. The van der Waals surface area contributed by atoms with Crippen LogP contribution in [0.25, 0.3) is 0 Å². The number of nitrogens with two attached hydrogens (primary N) is 1. The predicted octanol–water partition coefficient (Wildman–Crippen LogP) is 2.35. The highest BCUT2D eigenvalue weighted by Gasteiger charge is 2.42. The Labute approximate surface area is 129 Å². The van der Waals surface area contributed by atoms with E-state index in [2.05, 4.69) is 41.8 Å². The molecule has 2 heterocycles. The molecule has 1 aliphatic rings. The molecule has 1 saturated heterocycles. The second kappa shape index (κ2) is 4.73. The fraction of sp³-hybridized carbons (Fsp3) is 0.769. The van der Waals surface area contributed by atoms with Crippen molar-refractivity contribution < 1.29 is 8.42 Å². The third-order valence-electron chi connectivity index (χ3n) is 3.62. The standard InChI is InChI=1S/C13H22BrN3O2S/c1-12(2,3)7-9-10(14)11(15)17(16-9)13(4)5-6-20(18,19)8-13/h5-8,15H2,1-4H3. The number of sulfone groups is 1. The van der Waals surface area contributed by atoms with E-state index < -0.39 is 15.4 Å². The number of halogens is 1. The van der Waals surface area contributed by atoms with Crippen molar-refractivity contribution >= 4 is 31.6 Å². The fourth-order valence-electron chi connectivity index (χ4n) is 2.65. The van der Waals surface area contributed by atoms with Crippen LogP contribution in [0, 0.1) is 5.41 Å². The molecule has 0 aromatic carbocycles. The minimum absolute atomic E-state index is 0.0940. The highest BCUT2D eigenvalue weighted by molar-refractivity contribution is 9.10. The maximum Gasteiger partial charge on any atom is 0.152 e. The quantitative estimate of drug-likeness (QED) is 0.874. The highest BCUT2D eigenvalue weighted by Crippen LogP contribution is 2.37. The fourth-order valence-corrected chi connectivity index (χ4v) is 5.14. The lowest BCUT2D eigenvalue weighted by atomic mass is 9.91. The van der Waals surface area contributed by atoms with Crippen LogP contribution in [0.5, 0.6) is 0 Å². The van der Waals surface area contributed by atoms with Gasteiger partial charge >= 0.3 is 0 Å². The molecule has 1 aromatic heterocycles. The lowest BCUT2D eigenvalue weighted by molar-refractivity contribution is 0.326. The number of nitrogen functional groups attached to an aromatic ring is 1. The Morgan fingerprint density at radius 1 is 1.45 bits per heavy atom. The van der Waals surface area contributed by atoms with Gasteiger partial charge in [0.25, 0.3) is 0 Å². The van der Waals surface area contributed by atoms with Crippen molar-refractivity contribution in [3.05, 3.63) is 10.2 Å². The Morgan fingerprint density at radius 2 is 2.05 bits per heavy atom. The molecule has 0 amide bonds. The molecule has 2 rings (SSSR count). The summed E-state index contributed by atoms with van der Waals surface area (Å²) < 4.78 is 26.0. The second-order valence-corrected chi connectivity index (χ2v) is 10.1. The van der Waals surface area contributed by atoms with Gasteiger partial charge in [-0.15, -0.1) is 0 Å². The van der Waals surface area contributed by atoms with Gasteiger partial charge in [-0.1, -0.05) is 20.8 Å². The summed E-state index contributed by atoms with van der Waals surface area (Å²) in [5.41, 5.74) is 6.58. The van der Waals surface area contributed by atoms with Gasteiger partial charge in [0.1, 0.15) is 5.82 Å². The molecule has 114 valence electrons. The zero-order chi connectivity index (χ0) is 15.3. The molecular weight excluding hydrogens is 342 g/mol. The van der Waals surface area contributed by atoms with E-state index in [0.29, 0.717) is 12.2 Å². The van der Waals surface area contributed by atoms with E-state index in [0.717, 1.165) is 16.6 Å². The molecule has 0 spiro atoms. The van der Waals surface area contributed by atoms with Gasteiger partial charge in [-0.3, -0.25) is 0 Å². The van der Waals surface area contributed by atoms with Gasteiger partial charge in [0, 0.05) is 0 Å². The first kappa shape index (κ1) is 15.8. The average Bonchev–Trinajstić information content (AvgIpc) is 2.69. The van der Waals surface area contributed by atoms with Crippen LogP contribution in [0.2, 0.25) is 0 Å². The molecule has 1 fully saturated rings. The molecule has 2 N–H and O–H groups in total. The molecule has 0 aliphatic carbocycles. The Morgan fingerprint density at radius 3 is 2.50 bits per heavy atom. The SMILES string of the molecule is CC(C)(C)Cc1nn(C2(C)CCS(=O)(=O)C2)c(N)c1Br. The number of anilines is 1. The molecule has 0 bridgehead atoms. The lowest BCUT2D eigenvalue weighted by Crippen LogP contribution is -2.33. The Kier molecular flexibility index (Phi) is 3.74. The minimum atomic E-state index is -2.99. The van der Waals surface area contributed by atoms with Crippen LogP contribution in [0.1, 0.15) is 39.8 Å². The molecule has 7 heteroatoms. The van der Waals surface area contributed by atoms with Gasteiger partial charge in [0.15, 0.2) is 9.84 Å². The smallest absolute Gasteiger partial charge is 0.152 e. The summed E-state index contributed by atoms with van der Waals surface area (Å²) in [6.07, 6.45) is 1.34. The zero-order valence-electron chi connectivity index (χ0n) is 12.4. The van der Waals surface area contributed by atoms with Gasteiger partial charge < -0.3 is 5.73 Å². The number of hydrogen-bond donors (Lipinski definition) is 1. The van der Waals surface area contributed by atoms with Gasteiger partial charge in [-0.25, -0.2) is 13.1 Å². The lowest BCUT2D eigenvalue weighted by Gasteiger charge is -2.24. The monoisotopic (exact) mass is 363 g/mol. The van der Waals surface area contributed by atoms with E-state index in [1.165, 1.54) is 0 Å². The van der Waals surface area contributed by atoms with Crippen LogP contribution >= 0.6 is 15.9 Å². The predicted molar refractivity (Wildman–Crippen MR) is 84.4 cm³/mol. The minimum Gasteiger partial charge on any atom is -0.383 e. The van der Waals surface area contributed by atoms with Gasteiger partial charge in [-0.2, -0.15) is 5.10 Å². The Bertz CT molecular complexity index is 631. The van der Waals surface area contributed by atoms with Crippen molar-refractivity contribution in [1.29, 1.82) is 0 Å². The van der Waals surface area contributed by atoms with Crippen molar-refractivity contribution in [3.8, 4) is 0 Å². The number of nitrogens with zero attached hydrogens (tertiary/aromatic N) is 2. The highest BCUT2D eigenvalue weighted by atomic mass is 79.9. The van der Waals surface area contributed by atoms with Crippen molar-refractivity contribution in [2.75, 3.05) is 17.2 Å². The van der Waals surface area contributed by atoms with E-state index in [1.54, 1.807) is 4.68 Å². The Hall–Kier alpha value is -0.560. The van der Waals surface area contributed by atoms with E-state index in [-0.39, 0.29) is 16.9 Å². The first-order valence-corrected chi connectivity index (χ1v) is 9.29. The van der Waals surface area contributed by atoms with Crippen molar-refractivity contribution in [2.45, 2.75) is 46.1 Å². The molecule has 5 nitrogen and oxygen atoms in total. The average molecular weight is 364 g/mol. The first-order chi connectivity index (χ1) is 8.94. The third-order valence-corrected chi connectivity index (χ3v) is 6.37. The number of rotatable bonds is 2.